The topological polar surface area (TPSA) is 66.8 Å². The summed E-state index contributed by atoms with van der Waals surface area (Å²) in [5.41, 5.74) is 0.624. The number of nitrogens with zero attached hydrogens (tertiary/aromatic N) is 1. The maximum atomic E-state index is 12.6. The fraction of sp³-hybridized carbons (Fsp3) is 0.579. The summed E-state index contributed by atoms with van der Waals surface area (Å²) >= 11 is 0. The predicted octanol–water partition coefficient (Wildman–Crippen LogP) is 3.19. The van der Waals surface area contributed by atoms with Crippen molar-refractivity contribution in [2.45, 2.75) is 39.0 Å². The Morgan fingerprint density at radius 1 is 1.25 bits per heavy atom. The van der Waals surface area contributed by atoms with E-state index in [4.69, 9.17) is 9.84 Å². The lowest BCUT2D eigenvalue weighted by atomic mass is 9.90. The summed E-state index contributed by atoms with van der Waals surface area (Å²) in [6.07, 6.45) is 4.49. The number of unbranched alkanes of at least 4 members (excludes halogenated alkanes) is 1. The van der Waals surface area contributed by atoms with Gasteiger partial charge < -0.3 is 14.7 Å². The summed E-state index contributed by atoms with van der Waals surface area (Å²) in [6.45, 7) is 4.12. The van der Waals surface area contributed by atoms with Crippen molar-refractivity contribution in [1.82, 2.24) is 4.90 Å². The summed E-state index contributed by atoms with van der Waals surface area (Å²) in [5.74, 6) is -0.0693. The highest BCUT2D eigenvalue weighted by molar-refractivity contribution is 5.94. The molecule has 1 spiro atoms. The molecule has 2 fully saturated rings. The van der Waals surface area contributed by atoms with E-state index in [9.17, 15) is 9.59 Å². The van der Waals surface area contributed by atoms with Gasteiger partial charge in [0, 0.05) is 18.7 Å². The Bertz CT molecular complexity index is 602. The molecule has 0 bridgehead atoms. The summed E-state index contributed by atoms with van der Waals surface area (Å²) < 4.78 is 5.62. The van der Waals surface area contributed by atoms with Gasteiger partial charge in [0.1, 0.15) is 5.75 Å². The molecule has 1 N–H and O–H groups in total. The Labute approximate surface area is 142 Å². The van der Waals surface area contributed by atoms with E-state index in [2.05, 4.69) is 6.92 Å². The van der Waals surface area contributed by atoms with E-state index >= 15 is 0 Å². The Morgan fingerprint density at radius 2 is 1.92 bits per heavy atom. The van der Waals surface area contributed by atoms with Gasteiger partial charge in [0.2, 0.25) is 0 Å². The maximum Gasteiger partial charge on any atom is 0.307 e. The van der Waals surface area contributed by atoms with Crippen LogP contribution in [-0.2, 0) is 4.79 Å². The van der Waals surface area contributed by atoms with Crippen molar-refractivity contribution in [3.8, 4) is 5.75 Å². The zero-order chi connectivity index (χ0) is 17.2. The second-order valence-electron chi connectivity index (χ2n) is 6.98. The molecule has 2 aliphatic rings. The third-order valence-electron chi connectivity index (χ3n) is 5.40. The zero-order valence-electron chi connectivity index (χ0n) is 14.2. The van der Waals surface area contributed by atoms with E-state index in [0.717, 1.165) is 37.9 Å². The lowest BCUT2D eigenvalue weighted by Gasteiger charge is -2.32. The number of rotatable bonds is 6. The van der Waals surface area contributed by atoms with Gasteiger partial charge in [-0.15, -0.1) is 0 Å². The SMILES string of the molecule is CCCCOc1ccc(C(=O)N2CCC3(CC2)CC3C(=O)O)cc1. The van der Waals surface area contributed by atoms with E-state index < -0.39 is 5.97 Å². The molecule has 1 atom stereocenters. The van der Waals surface area contributed by atoms with Crippen LogP contribution >= 0.6 is 0 Å². The molecule has 24 heavy (non-hydrogen) atoms. The minimum Gasteiger partial charge on any atom is -0.494 e. The first-order chi connectivity index (χ1) is 11.6. The molecule has 1 unspecified atom stereocenters. The molecule has 5 nitrogen and oxygen atoms in total. The largest absolute Gasteiger partial charge is 0.494 e. The lowest BCUT2D eigenvalue weighted by Crippen LogP contribution is -2.40. The molecule has 1 aromatic rings. The molecule has 3 rings (SSSR count). The number of carboxylic acid groups (broad SMARTS) is 1. The minimum atomic E-state index is -0.687. The van der Waals surface area contributed by atoms with E-state index in [1.54, 1.807) is 0 Å². The van der Waals surface area contributed by atoms with Gasteiger partial charge in [0.25, 0.3) is 5.91 Å². The number of ether oxygens (including phenoxy) is 1. The van der Waals surface area contributed by atoms with Crippen LogP contribution < -0.4 is 4.74 Å². The number of hydrogen-bond donors (Lipinski definition) is 1. The number of amides is 1. The van der Waals surface area contributed by atoms with Crippen LogP contribution in [-0.4, -0.2) is 41.6 Å². The van der Waals surface area contributed by atoms with E-state index in [1.807, 2.05) is 29.2 Å². The standard InChI is InChI=1S/C19H25NO4/c1-2-3-12-24-15-6-4-14(5-7-15)17(21)20-10-8-19(9-11-20)13-16(19)18(22)23/h4-7,16H,2-3,8-13H2,1H3,(H,22,23). The number of benzene rings is 1. The summed E-state index contributed by atoms with van der Waals surface area (Å²) in [7, 11) is 0. The first-order valence-corrected chi connectivity index (χ1v) is 8.81. The van der Waals surface area contributed by atoms with E-state index in [1.165, 1.54) is 0 Å². The van der Waals surface area contributed by atoms with Crippen LogP contribution in [0.2, 0.25) is 0 Å². The first kappa shape index (κ1) is 16.8. The number of aliphatic carboxylic acids is 1. The van der Waals surface area contributed by atoms with E-state index in [0.29, 0.717) is 25.3 Å². The molecule has 0 aromatic heterocycles. The smallest absolute Gasteiger partial charge is 0.307 e. The van der Waals surface area contributed by atoms with Crippen LogP contribution in [0.5, 0.6) is 5.75 Å². The molecule has 1 saturated heterocycles. The maximum absolute atomic E-state index is 12.6. The van der Waals surface area contributed by atoms with Crippen LogP contribution in [0.25, 0.3) is 0 Å². The van der Waals surface area contributed by atoms with Gasteiger partial charge in [-0.1, -0.05) is 13.3 Å². The van der Waals surface area contributed by atoms with Crippen molar-refractivity contribution >= 4 is 11.9 Å². The highest BCUT2D eigenvalue weighted by Gasteiger charge is 2.59. The minimum absolute atomic E-state index is 0.0254. The summed E-state index contributed by atoms with van der Waals surface area (Å²) in [6, 6.07) is 7.31. The molecule has 130 valence electrons. The van der Waals surface area contributed by atoms with Gasteiger partial charge in [0.15, 0.2) is 0 Å². The number of likely N-dealkylation sites (tertiary alicyclic amines) is 1. The van der Waals surface area contributed by atoms with Crippen LogP contribution in [0.15, 0.2) is 24.3 Å². The van der Waals surface area contributed by atoms with Crippen molar-refractivity contribution in [3.05, 3.63) is 29.8 Å². The van der Waals surface area contributed by atoms with Gasteiger partial charge in [-0.2, -0.15) is 0 Å². The quantitative estimate of drug-likeness (QED) is 0.813. The predicted molar refractivity (Wildman–Crippen MR) is 90.2 cm³/mol. The second-order valence-corrected chi connectivity index (χ2v) is 6.98. The fourth-order valence-corrected chi connectivity index (χ4v) is 3.62. The van der Waals surface area contributed by atoms with Gasteiger partial charge >= 0.3 is 5.97 Å². The third-order valence-corrected chi connectivity index (χ3v) is 5.40. The van der Waals surface area contributed by atoms with Crippen LogP contribution in [0.4, 0.5) is 0 Å². The molecular formula is C19H25NO4. The number of carbonyl (C=O) groups is 2. The van der Waals surface area contributed by atoms with E-state index in [-0.39, 0.29) is 17.2 Å². The lowest BCUT2D eigenvalue weighted by molar-refractivity contribution is -0.139. The molecule has 1 amide bonds. The van der Waals surface area contributed by atoms with Crippen LogP contribution in [0, 0.1) is 11.3 Å². The van der Waals surface area contributed by atoms with Crippen LogP contribution in [0.1, 0.15) is 49.4 Å². The highest BCUT2D eigenvalue weighted by Crippen LogP contribution is 2.59. The molecule has 1 heterocycles. The molecule has 1 aliphatic carbocycles. The highest BCUT2D eigenvalue weighted by atomic mass is 16.5. The summed E-state index contributed by atoms with van der Waals surface area (Å²) in [5, 5.41) is 9.13. The monoisotopic (exact) mass is 331 g/mol. The van der Waals surface area contributed by atoms with Crippen LogP contribution in [0.3, 0.4) is 0 Å². The zero-order valence-corrected chi connectivity index (χ0v) is 14.2. The van der Waals surface area contributed by atoms with Crippen molar-refractivity contribution in [3.63, 3.8) is 0 Å². The molecule has 1 aliphatic heterocycles. The Hall–Kier alpha value is -2.04. The average molecular weight is 331 g/mol. The number of hydrogen-bond acceptors (Lipinski definition) is 3. The number of piperidine rings is 1. The Balaban J connectivity index is 1.53. The number of carboxylic acids is 1. The molecular weight excluding hydrogens is 306 g/mol. The third kappa shape index (κ3) is 3.40. The average Bonchev–Trinajstić information content (AvgIpc) is 3.30. The van der Waals surface area contributed by atoms with Crippen molar-refractivity contribution in [2.75, 3.05) is 19.7 Å². The molecule has 1 saturated carbocycles. The Kier molecular flexibility index (Phi) is 4.78. The van der Waals surface area contributed by atoms with Gasteiger partial charge in [-0.3, -0.25) is 9.59 Å². The fourth-order valence-electron chi connectivity index (χ4n) is 3.62. The van der Waals surface area contributed by atoms with Crippen molar-refractivity contribution in [1.29, 1.82) is 0 Å². The number of carbonyl (C=O) groups excluding carboxylic acids is 1. The van der Waals surface area contributed by atoms with Gasteiger partial charge in [-0.25, -0.2) is 0 Å². The first-order valence-electron chi connectivity index (χ1n) is 8.81. The molecule has 5 heteroatoms. The van der Waals surface area contributed by atoms with Crippen molar-refractivity contribution in [2.24, 2.45) is 11.3 Å². The van der Waals surface area contributed by atoms with Crippen molar-refractivity contribution < 1.29 is 19.4 Å². The Morgan fingerprint density at radius 3 is 2.46 bits per heavy atom. The van der Waals surface area contributed by atoms with Gasteiger partial charge in [-0.05, 0) is 55.4 Å². The second kappa shape index (κ2) is 6.83. The van der Waals surface area contributed by atoms with Gasteiger partial charge in [0.05, 0.1) is 12.5 Å². The summed E-state index contributed by atoms with van der Waals surface area (Å²) in [4.78, 5) is 25.5. The molecule has 1 aromatic carbocycles. The molecule has 0 radical (unpaired) electrons. The normalized spacial score (nSPS) is 21.5.